The minimum absolute atomic E-state index is 0.316. The number of hydrogen-bond donors (Lipinski definition) is 2. The van der Waals surface area contributed by atoms with Gasteiger partial charge in [0.2, 0.25) is 5.13 Å². The van der Waals surface area contributed by atoms with Crippen molar-refractivity contribution in [1.29, 1.82) is 0 Å². The van der Waals surface area contributed by atoms with Crippen LogP contribution in [0.15, 0.2) is 24.5 Å². The average Bonchev–Trinajstić information content (AvgIpc) is 2.93. The van der Waals surface area contributed by atoms with Crippen LogP contribution in [0.4, 0.5) is 5.13 Å². The summed E-state index contributed by atoms with van der Waals surface area (Å²) in [5, 5.41) is 20.2. The summed E-state index contributed by atoms with van der Waals surface area (Å²) in [4.78, 5) is 26.4. The van der Waals surface area contributed by atoms with Gasteiger partial charge in [-0.3, -0.25) is 15.1 Å². The predicted molar refractivity (Wildman–Crippen MR) is 78.1 cm³/mol. The number of hydrogen-bond acceptors (Lipinski definition) is 6. The van der Waals surface area contributed by atoms with Crippen LogP contribution < -0.4 is 5.32 Å². The summed E-state index contributed by atoms with van der Waals surface area (Å²) < 4.78 is 0. The highest BCUT2D eigenvalue weighted by Gasteiger charge is 2.10. The van der Waals surface area contributed by atoms with E-state index in [4.69, 9.17) is 5.11 Å². The lowest BCUT2D eigenvalue weighted by Crippen LogP contribution is -2.12. The second-order valence-electron chi connectivity index (χ2n) is 3.99. The SMILES string of the molecule is CCc1nnc(NC(=O)c2cncc(/C=C/C(=O)O)c2)s1. The number of rotatable bonds is 5. The second-order valence-corrected chi connectivity index (χ2v) is 5.05. The van der Waals surface area contributed by atoms with Gasteiger partial charge >= 0.3 is 5.97 Å². The normalized spacial score (nSPS) is 10.7. The van der Waals surface area contributed by atoms with Crippen LogP contribution >= 0.6 is 11.3 Å². The largest absolute Gasteiger partial charge is 0.478 e. The summed E-state index contributed by atoms with van der Waals surface area (Å²) in [5.74, 6) is -1.43. The Kier molecular flexibility index (Phi) is 4.72. The number of aromatic nitrogens is 3. The van der Waals surface area contributed by atoms with Crippen LogP contribution in [0.5, 0.6) is 0 Å². The van der Waals surface area contributed by atoms with Crippen LogP contribution in [0, 0.1) is 0 Å². The molecule has 2 N–H and O–H groups in total. The summed E-state index contributed by atoms with van der Waals surface area (Å²) in [6.45, 7) is 1.95. The van der Waals surface area contributed by atoms with Gasteiger partial charge in [-0.15, -0.1) is 10.2 Å². The molecule has 0 fully saturated rings. The lowest BCUT2D eigenvalue weighted by atomic mass is 10.2. The van der Waals surface area contributed by atoms with Crippen molar-refractivity contribution >= 4 is 34.4 Å². The molecule has 8 heteroatoms. The Hall–Kier alpha value is -2.61. The van der Waals surface area contributed by atoms with Crippen LogP contribution in [0.25, 0.3) is 6.08 Å². The molecule has 21 heavy (non-hydrogen) atoms. The highest BCUT2D eigenvalue weighted by atomic mass is 32.1. The minimum Gasteiger partial charge on any atom is -0.478 e. The molecule has 2 aromatic heterocycles. The molecule has 2 heterocycles. The number of carbonyl (C=O) groups excluding carboxylic acids is 1. The quantitative estimate of drug-likeness (QED) is 0.817. The van der Waals surface area contributed by atoms with Crippen LogP contribution in [-0.4, -0.2) is 32.2 Å². The van der Waals surface area contributed by atoms with Gasteiger partial charge in [-0.25, -0.2) is 4.79 Å². The van der Waals surface area contributed by atoms with Gasteiger partial charge in [-0.05, 0) is 24.1 Å². The molecule has 1 amide bonds. The maximum Gasteiger partial charge on any atom is 0.328 e. The first-order chi connectivity index (χ1) is 10.1. The number of carboxylic acids is 1. The standard InChI is InChI=1S/C13H12N4O3S/c1-2-10-16-17-13(21-10)15-12(20)9-5-8(6-14-7-9)3-4-11(18)19/h3-7H,2H2,1H3,(H,18,19)(H,15,17,20)/b4-3+. The Bertz CT molecular complexity index is 696. The third-order valence-corrected chi connectivity index (χ3v) is 3.41. The Morgan fingerprint density at radius 3 is 2.86 bits per heavy atom. The van der Waals surface area contributed by atoms with E-state index in [0.29, 0.717) is 16.3 Å². The predicted octanol–water partition coefficient (Wildman–Crippen LogP) is 1.85. The number of amides is 1. The van der Waals surface area contributed by atoms with E-state index in [0.717, 1.165) is 17.5 Å². The van der Waals surface area contributed by atoms with Crippen molar-refractivity contribution < 1.29 is 14.7 Å². The fourth-order valence-electron chi connectivity index (χ4n) is 1.46. The molecular weight excluding hydrogens is 292 g/mol. The summed E-state index contributed by atoms with van der Waals surface area (Å²) in [5.41, 5.74) is 0.840. The first-order valence-electron chi connectivity index (χ1n) is 6.08. The Balaban J connectivity index is 2.11. The zero-order chi connectivity index (χ0) is 15.2. The van der Waals surface area contributed by atoms with Gasteiger partial charge in [0.15, 0.2) is 0 Å². The third-order valence-electron chi connectivity index (χ3n) is 2.43. The van der Waals surface area contributed by atoms with Gasteiger partial charge in [0, 0.05) is 18.5 Å². The Morgan fingerprint density at radius 2 is 2.19 bits per heavy atom. The molecule has 7 nitrogen and oxygen atoms in total. The Labute approximate surface area is 124 Å². The lowest BCUT2D eigenvalue weighted by molar-refractivity contribution is -0.131. The Morgan fingerprint density at radius 1 is 1.38 bits per heavy atom. The van der Waals surface area contributed by atoms with Crippen molar-refractivity contribution in [3.63, 3.8) is 0 Å². The monoisotopic (exact) mass is 304 g/mol. The summed E-state index contributed by atoms with van der Waals surface area (Å²) in [6, 6.07) is 1.55. The zero-order valence-electron chi connectivity index (χ0n) is 11.1. The molecule has 0 aliphatic rings. The van der Waals surface area contributed by atoms with Crippen molar-refractivity contribution in [1.82, 2.24) is 15.2 Å². The van der Waals surface area contributed by atoms with Crippen LogP contribution in [0.1, 0.15) is 27.9 Å². The maximum absolute atomic E-state index is 12.0. The minimum atomic E-state index is -1.06. The molecule has 0 aromatic carbocycles. The average molecular weight is 304 g/mol. The molecule has 2 rings (SSSR count). The molecule has 0 saturated carbocycles. The van der Waals surface area contributed by atoms with E-state index in [1.807, 2.05) is 6.92 Å². The summed E-state index contributed by atoms with van der Waals surface area (Å²) in [6.07, 6.45) is 5.97. The molecule has 0 spiro atoms. The number of anilines is 1. The number of nitrogens with zero attached hydrogens (tertiary/aromatic N) is 3. The van der Waals surface area contributed by atoms with Crippen LogP contribution in [-0.2, 0) is 11.2 Å². The molecule has 0 unspecified atom stereocenters. The van der Waals surface area contributed by atoms with Gasteiger partial charge in [0.1, 0.15) is 5.01 Å². The van der Waals surface area contributed by atoms with E-state index in [1.54, 1.807) is 6.07 Å². The highest BCUT2D eigenvalue weighted by Crippen LogP contribution is 2.16. The van der Waals surface area contributed by atoms with Gasteiger partial charge in [-0.2, -0.15) is 0 Å². The molecule has 0 aliphatic carbocycles. The van der Waals surface area contributed by atoms with Crippen LogP contribution in [0.2, 0.25) is 0 Å². The third kappa shape index (κ3) is 4.18. The zero-order valence-corrected chi connectivity index (χ0v) is 11.9. The maximum atomic E-state index is 12.0. The first kappa shape index (κ1) is 14.8. The van der Waals surface area contributed by atoms with Gasteiger partial charge in [-0.1, -0.05) is 18.3 Å². The van der Waals surface area contributed by atoms with Crippen molar-refractivity contribution in [3.8, 4) is 0 Å². The van der Waals surface area contributed by atoms with Crippen molar-refractivity contribution in [2.75, 3.05) is 5.32 Å². The molecule has 2 aromatic rings. The van der Waals surface area contributed by atoms with E-state index in [2.05, 4.69) is 20.5 Å². The van der Waals surface area contributed by atoms with Crippen molar-refractivity contribution in [2.24, 2.45) is 0 Å². The fraction of sp³-hybridized carbons (Fsp3) is 0.154. The van der Waals surface area contributed by atoms with Crippen LogP contribution in [0.3, 0.4) is 0 Å². The van der Waals surface area contributed by atoms with E-state index in [9.17, 15) is 9.59 Å². The molecule has 0 atom stereocenters. The topological polar surface area (TPSA) is 105 Å². The second kappa shape index (κ2) is 6.71. The molecule has 0 aliphatic heterocycles. The highest BCUT2D eigenvalue weighted by molar-refractivity contribution is 7.15. The first-order valence-corrected chi connectivity index (χ1v) is 6.90. The van der Waals surface area contributed by atoms with E-state index in [1.165, 1.54) is 29.8 Å². The van der Waals surface area contributed by atoms with E-state index in [-0.39, 0.29) is 5.91 Å². The number of carboxylic acid groups (broad SMARTS) is 1. The number of carbonyl (C=O) groups is 2. The molecule has 0 radical (unpaired) electrons. The molecule has 108 valence electrons. The number of aliphatic carboxylic acids is 1. The van der Waals surface area contributed by atoms with Crippen molar-refractivity contribution in [2.45, 2.75) is 13.3 Å². The number of pyridine rings is 1. The van der Waals surface area contributed by atoms with Gasteiger partial charge in [0.25, 0.3) is 5.91 Å². The van der Waals surface area contributed by atoms with E-state index < -0.39 is 5.97 Å². The number of nitrogens with one attached hydrogen (secondary N) is 1. The summed E-state index contributed by atoms with van der Waals surface area (Å²) >= 11 is 1.31. The molecular formula is C13H12N4O3S. The molecule has 0 bridgehead atoms. The van der Waals surface area contributed by atoms with E-state index >= 15 is 0 Å². The molecule has 0 saturated heterocycles. The smallest absolute Gasteiger partial charge is 0.328 e. The number of aryl methyl sites for hydroxylation is 1. The lowest BCUT2D eigenvalue weighted by Gasteiger charge is -2.01. The summed E-state index contributed by atoms with van der Waals surface area (Å²) in [7, 11) is 0. The van der Waals surface area contributed by atoms with Crippen molar-refractivity contribution in [3.05, 3.63) is 40.7 Å². The van der Waals surface area contributed by atoms with Gasteiger partial charge in [0.05, 0.1) is 5.56 Å². The van der Waals surface area contributed by atoms with Gasteiger partial charge < -0.3 is 5.11 Å². The fourth-order valence-corrected chi connectivity index (χ4v) is 2.13.